The molecule has 4 rings (SSSR count). The summed E-state index contributed by atoms with van der Waals surface area (Å²) in [5.41, 5.74) is 0. The molecule has 232 valence electrons. The summed E-state index contributed by atoms with van der Waals surface area (Å²) in [6.07, 6.45) is -30.6. The largest absolute Gasteiger partial charge is 0.590 e. The minimum Gasteiger partial charge on any atom is -0.408 e. The van der Waals surface area contributed by atoms with Crippen molar-refractivity contribution >= 4 is 0 Å². The van der Waals surface area contributed by atoms with Gasteiger partial charge >= 0.3 is 79.3 Å². The second-order valence-electron chi connectivity index (χ2n) is 6.06. The summed E-state index contributed by atoms with van der Waals surface area (Å²) < 4.78 is 243. The van der Waals surface area contributed by atoms with Crippen molar-refractivity contribution < 1.29 is 122 Å². The summed E-state index contributed by atoms with van der Waals surface area (Å²) in [5, 5.41) is 0. The van der Waals surface area contributed by atoms with Crippen molar-refractivity contribution in [2.75, 3.05) is 0 Å². The van der Waals surface area contributed by atoms with Gasteiger partial charge in [-0.15, -0.1) is 39.5 Å². The molecule has 0 radical (unpaired) electrons. The van der Waals surface area contributed by atoms with Crippen LogP contribution in [0.25, 0.3) is 0 Å². The first-order chi connectivity index (χ1) is 17.6. The van der Waals surface area contributed by atoms with E-state index in [1.165, 1.54) is 0 Å². The first kappa shape index (κ1) is 32.7. The lowest BCUT2D eigenvalue weighted by atomic mass is 10.2. The highest BCUT2D eigenvalue weighted by Gasteiger charge is 2.87. The van der Waals surface area contributed by atoms with Crippen molar-refractivity contribution in [3.8, 4) is 0 Å². The van der Waals surface area contributed by atoms with Crippen molar-refractivity contribution in [2.24, 2.45) is 0 Å². The van der Waals surface area contributed by atoms with Crippen molar-refractivity contribution in [3.05, 3.63) is 36.0 Å². The molecule has 9 nitrogen and oxygen atoms in total. The third-order valence-corrected chi connectivity index (χ3v) is 3.24. The number of hydrogen-bond acceptors (Lipinski definition) is 9. The van der Waals surface area contributed by atoms with Gasteiger partial charge in [-0.2, -0.15) is 39.5 Å². The summed E-state index contributed by atoms with van der Waals surface area (Å²) in [7, 11) is 0. The molecule has 0 amide bonds. The third-order valence-electron chi connectivity index (χ3n) is 3.24. The molecule has 4 aliphatic rings. The number of ether oxygens (including phenoxy) is 9. The summed E-state index contributed by atoms with van der Waals surface area (Å²) in [5.74, 6) is -6.90. The van der Waals surface area contributed by atoms with Crippen LogP contribution in [-0.2, 0) is 42.6 Å². The topological polar surface area (TPSA) is 83.1 Å². The second kappa shape index (κ2) is 9.84. The molecule has 4 heterocycles. The van der Waals surface area contributed by atoms with Crippen LogP contribution < -0.4 is 0 Å². The Labute approximate surface area is 202 Å². The fourth-order valence-electron chi connectivity index (χ4n) is 2.00. The predicted octanol–water partition coefficient (Wildman–Crippen LogP) is 6.44. The first-order valence-electron chi connectivity index (χ1n) is 8.33. The van der Waals surface area contributed by atoms with E-state index in [4.69, 9.17) is 0 Å². The van der Waals surface area contributed by atoms with Crippen molar-refractivity contribution in [1.82, 2.24) is 0 Å². The van der Waals surface area contributed by atoms with Gasteiger partial charge in [0.2, 0.25) is 0 Å². The normalized spacial score (nSPS) is 26.1. The molecule has 27 heteroatoms. The van der Waals surface area contributed by atoms with Gasteiger partial charge in [-0.1, -0.05) is 0 Å². The zero-order chi connectivity index (χ0) is 31.3. The van der Waals surface area contributed by atoms with Crippen LogP contribution in [0.4, 0.5) is 79.0 Å². The maximum absolute atomic E-state index is 13.0. The number of alkyl halides is 13. The Bertz CT molecular complexity index is 1030. The van der Waals surface area contributed by atoms with Crippen LogP contribution >= 0.6 is 0 Å². The minimum atomic E-state index is -5.61. The molecule has 0 unspecified atom stereocenters. The minimum absolute atomic E-state index is 2.03. The van der Waals surface area contributed by atoms with Crippen molar-refractivity contribution in [3.63, 3.8) is 0 Å². The molecular weight excluding hydrogens is 642 g/mol. The molecule has 0 atom stereocenters. The molecule has 0 N–H and O–H groups in total. The average molecular weight is 642 g/mol. The Balaban J connectivity index is 0.000000224. The first-order valence-corrected chi connectivity index (χ1v) is 8.33. The molecule has 0 aromatic rings. The molecule has 0 aromatic heterocycles. The number of halogens is 18. The molecule has 4 aliphatic heterocycles. The highest BCUT2D eigenvalue weighted by atomic mass is 19.4. The monoisotopic (exact) mass is 642 g/mol. The van der Waals surface area contributed by atoms with Gasteiger partial charge in [0.05, 0.1) is 0 Å². The lowest BCUT2D eigenvalue weighted by molar-refractivity contribution is -0.632. The van der Waals surface area contributed by atoms with Crippen LogP contribution in [0, 0.1) is 0 Å². The summed E-state index contributed by atoms with van der Waals surface area (Å²) in [6.45, 7) is 0. The predicted molar refractivity (Wildman–Crippen MR) is 69.9 cm³/mol. The van der Waals surface area contributed by atoms with E-state index < -0.39 is 79.3 Å². The Kier molecular flexibility index (Phi) is 8.04. The number of hydrogen-bond donors (Lipinski definition) is 0. The molecule has 1 saturated heterocycles. The van der Waals surface area contributed by atoms with Crippen LogP contribution in [0.2, 0.25) is 0 Å². The van der Waals surface area contributed by atoms with E-state index in [0.717, 1.165) is 0 Å². The van der Waals surface area contributed by atoms with Gasteiger partial charge in [0, 0.05) is 0 Å². The molecule has 0 bridgehead atoms. The average Bonchev–Trinajstić information content (AvgIpc) is 3.22. The Morgan fingerprint density at radius 2 is 0.775 bits per heavy atom. The zero-order valence-electron chi connectivity index (χ0n) is 17.0. The lowest BCUT2D eigenvalue weighted by Gasteiger charge is -2.43. The highest BCUT2D eigenvalue weighted by Crippen LogP contribution is 2.58. The quantitative estimate of drug-likeness (QED) is 0.300. The maximum Gasteiger partial charge on any atom is 0.590 e. The molecule has 0 aliphatic carbocycles. The van der Waals surface area contributed by atoms with E-state index in [2.05, 4.69) is 42.6 Å². The van der Waals surface area contributed by atoms with Gasteiger partial charge in [0.1, 0.15) is 0 Å². The summed E-state index contributed by atoms with van der Waals surface area (Å²) >= 11 is 0. The lowest BCUT2D eigenvalue weighted by Crippen LogP contribution is -2.70. The zero-order valence-corrected chi connectivity index (χ0v) is 17.0. The third kappa shape index (κ3) is 7.16. The molecule has 1 spiro atoms. The molecule has 0 saturated carbocycles. The smallest absolute Gasteiger partial charge is 0.408 e. The van der Waals surface area contributed by atoms with E-state index >= 15 is 0 Å². The van der Waals surface area contributed by atoms with E-state index in [1.807, 2.05) is 0 Å². The van der Waals surface area contributed by atoms with Gasteiger partial charge in [0.15, 0.2) is 0 Å². The van der Waals surface area contributed by atoms with E-state index in [-0.39, 0.29) is 0 Å². The second-order valence-corrected chi connectivity index (χ2v) is 6.06. The maximum atomic E-state index is 13.0. The van der Waals surface area contributed by atoms with Gasteiger partial charge in [-0.25, -0.2) is 9.47 Å². The fourth-order valence-corrected chi connectivity index (χ4v) is 2.00. The van der Waals surface area contributed by atoms with Crippen LogP contribution in [0.1, 0.15) is 0 Å². The Morgan fingerprint density at radius 1 is 0.450 bits per heavy atom. The van der Waals surface area contributed by atoms with Crippen LogP contribution in [0.3, 0.4) is 0 Å². The van der Waals surface area contributed by atoms with Gasteiger partial charge < -0.3 is 33.2 Å². The highest BCUT2D eigenvalue weighted by molar-refractivity contribution is 5.05. The van der Waals surface area contributed by atoms with E-state index in [9.17, 15) is 79.0 Å². The SMILES string of the molecule is FC1=C(F)OC(F)(F)O1.FC1=C(F)OC2(O1)C(F)(F)OC(F)(F)OC2(F)F.FC1=C(OC(F)(F)F)OC(F)(F)O1. The Morgan fingerprint density at radius 3 is 1.05 bits per heavy atom. The van der Waals surface area contributed by atoms with Gasteiger partial charge in [0.25, 0.3) is 0 Å². The van der Waals surface area contributed by atoms with E-state index in [1.54, 1.807) is 0 Å². The summed E-state index contributed by atoms with van der Waals surface area (Å²) in [4.78, 5) is 0. The molecule has 40 heavy (non-hydrogen) atoms. The number of rotatable bonds is 1. The van der Waals surface area contributed by atoms with Gasteiger partial charge in [-0.3, -0.25) is 0 Å². The standard InChI is InChI=1S/C6F8O4.C4F6O3.C3F4O2/c7-1-2(8)16-3(15-1)4(9,10)17-6(13,14)18-5(3,11)12;5-1-2(12-3(6,7)8)13-4(9,10)11-1;4-1-2(5)9-3(6,7)8-1. The fraction of sp³-hybridized carbons (Fsp3) is 0.538. The van der Waals surface area contributed by atoms with E-state index in [0.29, 0.717) is 0 Å². The van der Waals surface area contributed by atoms with Crippen LogP contribution in [0.5, 0.6) is 0 Å². The van der Waals surface area contributed by atoms with Crippen LogP contribution in [0.15, 0.2) is 36.0 Å². The summed E-state index contributed by atoms with van der Waals surface area (Å²) in [6, 6.07) is -11.5. The van der Waals surface area contributed by atoms with Gasteiger partial charge in [-0.05, 0) is 0 Å². The molecular formula is C13F18O9. The van der Waals surface area contributed by atoms with Crippen molar-refractivity contribution in [1.29, 1.82) is 0 Å². The Hall–Kier alpha value is -3.52. The van der Waals surface area contributed by atoms with Crippen molar-refractivity contribution in [2.45, 2.75) is 43.3 Å². The molecule has 1 fully saturated rings. The van der Waals surface area contributed by atoms with Crippen LogP contribution in [-0.4, -0.2) is 43.3 Å². The molecule has 0 aromatic carbocycles.